The highest BCUT2D eigenvalue weighted by atomic mass is 35.5. The molecule has 0 amide bonds. The maximum Gasteiger partial charge on any atom is 0.365 e. The minimum absolute atomic E-state index is 0.171. The largest absolute Gasteiger partial charge is 0.365 e. The van der Waals surface area contributed by atoms with Crippen molar-refractivity contribution in [3.05, 3.63) is 29.5 Å². The van der Waals surface area contributed by atoms with Crippen molar-refractivity contribution in [3.8, 4) is 6.07 Å². The van der Waals surface area contributed by atoms with Crippen LogP contribution in [0.15, 0.2) is 12.3 Å². The van der Waals surface area contributed by atoms with Crippen molar-refractivity contribution in [2.75, 3.05) is 0 Å². The van der Waals surface area contributed by atoms with E-state index in [2.05, 4.69) is 9.97 Å². The molecule has 7 heteroatoms. The summed E-state index contributed by atoms with van der Waals surface area (Å²) in [6.45, 7) is 5.81. The molecule has 0 fully saturated rings. The van der Waals surface area contributed by atoms with Gasteiger partial charge in [0.25, 0.3) is 0 Å². The number of nitrogens with zero attached hydrogens (tertiary/aromatic N) is 4. The van der Waals surface area contributed by atoms with E-state index in [0.717, 1.165) is 6.07 Å². The summed E-state index contributed by atoms with van der Waals surface area (Å²) in [6.07, 6.45) is 1.62. The third-order valence-corrected chi connectivity index (χ3v) is 2.81. The Morgan fingerprint density at radius 3 is 2.37 bits per heavy atom. The van der Waals surface area contributed by atoms with Crippen molar-refractivity contribution in [3.63, 3.8) is 0 Å². The number of hydrogen-bond donors (Lipinski definition) is 0. The van der Waals surface area contributed by atoms with Crippen molar-refractivity contribution >= 4 is 17.2 Å². The van der Waals surface area contributed by atoms with Crippen LogP contribution in [0, 0.1) is 11.3 Å². The molecule has 0 saturated heterocycles. The summed E-state index contributed by atoms with van der Waals surface area (Å²) in [5.41, 5.74) is -0.0283. The molecule has 2 aromatic heterocycles. The summed E-state index contributed by atoms with van der Waals surface area (Å²) < 4.78 is 27.6. The highest BCUT2D eigenvalue weighted by Gasteiger charge is 2.31. The van der Waals surface area contributed by atoms with Crippen molar-refractivity contribution in [1.29, 1.82) is 5.26 Å². The first-order chi connectivity index (χ1) is 8.63. The molecule has 19 heavy (non-hydrogen) atoms. The first-order valence-corrected chi connectivity index (χ1v) is 5.88. The Morgan fingerprint density at radius 2 is 1.89 bits per heavy atom. The predicted octanol–water partition coefficient (Wildman–Crippen LogP) is 3.19. The molecule has 0 aliphatic heterocycles. The third kappa shape index (κ3) is 2.51. The summed E-state index contributed by atoms with van der Waals surface area (Å²) in [6, 6.07) is 2.85. The average molecular weight is 285 g/mol. The van der Waals surface area contributed by atoms with E-state index in [-0.39, 0.29) is 16.9 Å². The summed E-state index contributed by atoms with van der Waals surface area (Å²) >= 11 is 4.94. The normalized spacial score (nSPS) is 12.7. The average Bonchev–Trinajstić information content (AvgIpc) is 2.69. The molecular formula is C12H11ClF2N4. The van der Waals surface area contributed by atoms with E-state index in [0.29, 0.717) is 5.69 Å². The molecule has 0 atom stereocenters. The molecule has 0 radical (unpaired) electrons. The fourth-order valence-electron chi connectivity index (χ4n) is 1.57. The quantitative estimate of drug-likeness (QED) is 0.756. The lowest BCUT2D eigenvalue weighted by Gasteiger charge is -2.13. The van der Waals surface area contributed by atoms with Crippen molar-refractivity contribution in [1.82, 2.24) is 14.4 Å². The first kappa shape index (κ1) is 13.7. The third-order valence-electron chi connectivity index (χ3n) is 2.61. The van der Waals surface area contributed by atoms with Gasteiger partial charge in [-0.1, -0.05) is 20.8 Å². The highest BCUT2D eigenvalue weighted by Crippen LogP contribution is 2.32. The number of alkyl halides is 3. The summed E-state index contributed by atoms with van der Waals surface area (Å²) in [5, 5.41) is 5.36. The van der Waals surface area contributed by atoms with Crippen LogP contribution in [0.1, 0.15) is 38.0 Å². The van der Waals surface area contributed by atoms with Gasteiger partial charge >= 0.3 is 5.38 Å². The SMILES string of the molecule is CC(C)(C)c1cn2c(C#N)nc(C(F)(F)Cl)cc2n1. The number of rotatable bonds is 1. The second kappa shape index (κ2) is 4.14. The first-order valence-electron chi connectivity index (χ1n) is 5.51. The van der Waals surface area contributed by atoms with Gasteiger partial charge in [0.05, 0.1) is 5.69 Å². The highest BCUT2D eigenvalue weighted by molar-refractivity contribution is 6.21. The van der Waals surface area contributed by atoms with E-state index >= 15 is 0 Å². The van der Waals surface area contributed by atoms with Crippen LogP contribution in [0.25, 0.3) is 5.65 Å². The maximum atomic E-state index is 13.1. The zero-order valence-electron chi connectivity index (χ0n) is 10.6. The maximum absolute atomic E-state index is 13.1. The smallest absolute Gasteiger partial charge is 0.275 e. The molecule has 0 spiro atoms. The zero-order valence-corrected chi connectivity index (χ0v) is 11.3. The Labute approximate surface area is 113 Å². The molecule has 0 bridgehead atoms. The van der Waals surface area contributed by atoms with Crippen LogP contribution in [-0.4, -0.2) is 14.4 Å². The van der Waals surface area contributed by atoms with E-state index in [9.17, 15) is 8.78 Å². The summed E-state index contributed by atoms with van der Waals surface area (Å²) in [5.74, 6) is -0.171. The van der Waals surface area contributed by atoms with Gasteiger partial charge in [-0.25, -0.2) is 9.97 Å². The molecule has 2 aromatic rings. The Kier molecular flexibility index (Phi) is 2.98. The van der Waals surface area contributed by atoms with Gasteiger partial charge in [-0.05, 0) is 11.6 Å². The van der Waals surface area contributed by atoms with Gasteiger partial charge in [0, 0.05) is 17.7 Å². The summed E-state index contributed by atoms with van der Waals surface area (Å²) in [4.78, 5) is 7.81. The molecule has 0 unspecified atom stereocenters. The van der Waals surface area contributed by atoms with Crippen LogP contribution < -0.4 is 0 Å². The number of nitriles is 1. The fourth-order valence-corrected chi connectivity index (χ4v) is 1.67. The van der Waals surface area contributed by atoms with Gasteiger partial charge in [0.15, 0.2) is 0 Å². The summed E-state index contributed by atoms with van der Waals surface area (Å²) in [7, 11) is 0. The topological polar surface area (TPSA) is 54.0 Å². The number of hydrogen-bond acceptors (Lipinski definition) is 3. The van der Waals surface area contributed by atoms with Gasteiger partial charge in [-0.2, -0.15) is 14.0 Å². The Morgan fingerprint density at radius 1 is 1.26 bits per heavy atom. The van der Waals surface area contributed by atoms with Crippen molar-refractivity contribution < 1.29 is 8.78 Å². The lowest BCUT2D eigenvalue weighted by atomic mass is 9.93. The standard InChI is InChI=1S/C12H11ClF2N4/c1-11(2,3)8-6-19-9(18-8)4-7(12(13,14)15)17-10(19)5-16/h4,6H,1-3H3. The monoisotopic (exact) mass is 284 g/mol. The molecule has 0 aliphatic carbocycles. The Bertz CT molecular complexity index is 674. The van der Waals surface area contributed by atoms with Gasteiger partial charge in [0.2, 0.25) is 5.82 Å². The van der Waals surface area contributed by atoms with E-state index in [4.69, 9.17) is 16.9 Å². The van der Waals surface area contributed by atoms with Gasteiger partial charge in [0.1, 0.15) is 17.4 Å². The van der Waals surface area contributed by atoms with E-state index in [1.165, 1.54) is 4.40 Å². The fraction of sp³-hybridized carbons (Fsp3) is 0.417. The van der Waals surface area contributed by atoms with Crippen LogP contribution in [0.5, 0.6) is 0 Å². The Balaban J connectivity index is 2.75. The second-order valence-electron chi connectivity index (χ2n) is 5.18. The number of aromatic nitrogens is 3. The minimum Gasteiger partial charge on any atom is -0.275 e. The van der Waals surface area contributed by atoms with Gasteiger partial charge in [-0.3, -0.25) is 4.40 Å². The van der Waals surface area contributed by atoms with Gasteiger partial charge < -0.3 is 0 Å². The molecule has 0 aliphatic rings. The molecular weight excluding hydrogens is 274 g/mol. The van der Waals surface area contributed by atoms with Crippen molar-refractivity contribution in [2.45, 2.75) is 31.6 Å². The molecule has 100 valence electrons. The molecule has 0 saturated carbocycles. The van der Waals surface area contributed by atoms with Crippen molar-refractivity contribution in [2.24, 2.45) is 0 Å². The van der Waals surface area contributed by atoms with Crippen LogP contribution in [0.4, 0.5) is 8.78 Å². The van der Waals surface area contributed by atoms with Crippen LogP contribution in [0.3, 0.4) is 0 Å². The predicted molar refractivity (Wildman–Crippen MR) is 66.1 cm³/mol. The van der Waals surface area contributed by atoms with Crippen LogP contribution in [-0.2, 0) is 10.8 Å². The molecule has 0 N–H and O–H groups in total. The van der Waals surface area contributed by atoms with E-state index < -0.39 is 11.1 Å². The molecule has 0 aromatic carbocycles. The number of fused-ring (bicyclic) bond motifs is 1. The van der Waals surface area contributed by atoms with Crippen LogP contribution in [0.2, 0.25) is 0 Å². The Hall–Kier alpha value is -1.74. The lowest BCUT2D eigenvalue weighted by Crippen LogP contribution is -2.11. The number of imidazole rings is 1. The molecule has 2 heterocycles. The zero-order chi connectivity index (χ0) is 14.4. The molecule has 4 nitrogen and oxygen atoms in total. The van der Waals surface area contributed by atoms with Gasteiger partial charge in [-0.15, -0.1) is 0 Å². The van der Waals surface area contributed by atoms with E-state index in [1.807, 2.05) is 20.8 Å². The van der Waals surface area contributed by atoms with Crippen LogP contribution >= 0.6 is 11.6 Å². The number of halogens is 3. The van der Waals surface area contributed by atoms with E-state index in [1.54, 1.807) is 12.3 Å². The lowest BCUT2D eigenvalue weighted by molar-refractivity contribution is 0.0898. The minimum atomic E-state index is -3.62. The second-order valence-corrected chi connectivity index (χ2v) is 5.65. The molecule has 2 rings (SSSR count).